The van der Waals surface area contributed by atoms with E-state index in [1.54, 1.807) is 6.07 Å². The van der Waals surface area contributed by atoms with Crippen LogP contribution in [-0.4, -0.2) is 36.0 Å². The summed E-state index contributed by atoms with van der Waals surface area (Å²) in [4.78, 5) is -1.85. The maximum absolute atomic E-state index is 14.0. The highest BCUT2D eigenvalue weighted by Gasteiger charge is 2.39. The van der Waals surface area contributed by atoms with Crippen LogP contribution < -0.4 is 0 Å². The molecule has 0 spiro atoms. The van der Waals surface area contributed by atoms with Crippen LogP contribution in [0, 0.1) is 36.0 Å². The number of nitrogens with zero attached hydrogens (tertiary/aromatic N) is 3. The molecule has 2 aromatic carbocycles. The van der Waals surface area contributed by atoms with Gasteiger partial charge in [0.15, 0.2) is 28.2 Å². The van der Waals surface area contributed by atoms with Crippen molar-refractivity contribution in [3.8, 4) is 11.5 Å². The lowest BCUT2D eigenvalue weighted by molar-refractivity contribution is 0.287. The Kier molecular flexibility index (Phi) is 5.76. The predicted octanol–water partition coefficient (Wildman–Crippen LogP) is 4.31. The van der Waals surface area contributed by atoms with E-state index in [1.165, 1.54) is 0 Å². The van der Waals surface area contributed by atoms with Crippen LogP contribution in [0.3, 0.4) is 0 Å². The first-order chi connectivity index (χ1) is 15.1. The number of rotatable bonds is 4. The summed E-state index contributed by atoms with van der Waals surface area (Å²) in [5, 5.41) is 8.01. The van der Waals surface area contributed by atoms with Crippen molar-refractivity contribution in [3.05, 3.63) is 64.8 Å². The molecular weight excluding hydrogens is 457 g/mol. The predicted molar refractivity (Wildman–Crippen MR) is 101 cm³/mol. The van der Waals surface area contributed by atoms with E-state index >= 15 is 0 Å². The number of aryl methyl sites for hydroxylation is 1. The molecule has 1 aliphatic rings. The van der Waals surface area contributed by atoms with Crippen LogP contribution in [0.15, 0.2) is 33.6 Å². The zero-order valence-electron chi connectivity index (χ0n) is 16.6. The minimum absolute atomic E-state index is 0.157. The number of hydrogen-bond acceptors (Lipinski definition) is 5. The zero-order chi connectivity index (χ0) is 23.2. The number of aromatic nitrogens is 2. The van der Waals surface area contributed by atoms with E-state index in [4.69, 9.17) is 4.42 Å². The molecule has 32 heavy (non-hydrogen) atoms. The summed E-state index contributed by atoms with van der Waals surface area (Å²) >= 11 is 0. The fourth-order valence-corrected chi connectivity index (χ4v) is 5.16. The normalized spacial score (nSPS) is 15.9. The topological polar surface area (TPSA) is 76.3 Å². The third-order valence-electron chi connectivity index (χ3n) is 5.28. The van der Waals surface area contributed by atoms with Crippen LogP contribution >= 0.6 is 0 Å². The number of halogens is 5. The second kappa shape index (κ2) is 8.24. The number of benzene rings is 2. The van der Waals surface area contributed by atoms with Crippen molar-refractivity contribution in [3.63, 3.8) is 0 Å². The van der Waals surface area contributed by atoms with Gasteiger partial charge in [-0.1, -0.05) is 17.7 Å². The molecule has 170 valence electrons. The Hall–Kier alpha value is -2.86. The highest BCUT2D eigenvalue weighted by atomic mass is 32.2. The highest BCUT2D eigenvalue weighted by Crippen LogP contribution is 2.34. The first kappa shape index (κ1) is 22.3. The summed E-state index contributed by atoms with van der Waals surface area (Å²) < 4.78 is 99.9. The molecule has 6 nitrogen and oxygen atoms in total. The van der Waals surface area contributed by atoms with Gasteiger partial charge in [0.2, 0.25) is 27.6 Å². The molecule has 0 bridgehead atoms. The van der Waals surface area contributed by atoms with Gasteiger partial charge in [-0.2, -0.15) is 4.31 Å². The second-order valence-electron chi connectivity index (χ2n) is 7.39. The molecule has 4 rings (SSSR count). The monoisotopic (exact) mass is 473 g/mol. The van der Waals surface area contributed by atoms with Gasteiger partial charge in [-0.15, -0.1) is 10.2 Å². The Balaban J connectivity index is 1.53. The fraction of sp³-hybridized carbons (Fsp3) is 0.300. The summed E-state index contributed by atoms with van der Waals surface area (Å²) in [6, 6.07) is 7.39. The van der Waals surface area contributed by atoms with Crippen LogP contribution in [0.1, 0.15) is 30.2 Å². The lowest BCUT2D eigenvalue weighted by Gasteiger charge is -2.29. The quantitative estimate of drug-likeness (QED) is 0.321. The molecule has 0 atom stereocenters. The van der Waals surface area contributed by atoms with Gasteiger partial charge in [0.05, 0.1) is 0 Å². The van der Waals surface area contributed by atoms with E-state index in [-0.39, 0.29) is 37.7 Å². The largest absolute Gasteiger partial charge is 0.420 e. The lowest BCUT2D eigenvalue weighted by atomic mass is 9.98. The Morgan fingerprint density at radius 1 is 0.938 bits per heavy atom. The zero-order valence-corrected chi connectivity index (χ0v) is 17.4. The first-order valence-corrected chi connectivity index (χ1v) is 11.0. The molecule has 1 saturated heterocycles. The molecule has 0 radical (unpaired) electrons. The fourth-order valence-electron chi connectivity index (χ4n) is 3.58. The molecule has 1 aliphatic heterocycles. The average molecular weight is 473 g/mol. The SMILES string of the molecule is Cc1cccc(-c2nnc(C3CCN(S(=O)(=O)c4c(F)c(F)c(F)c(F)c4F)CC3)o2)c1. The van der Waals surface area contributed by atoms with Crippen molar-refractivity contribution >= 4 is 10.0 Å². The van der Waals surface area contributed by atoms with E-state index < -0.39 is 44.0 Å². The molecule has 0 saturated carbocycles. The third kappa shape index (κ3) is 3.77. The summed E-state index contributed by atoms with van der Waals surface area (Å²) in [5.74, 6) is -11.6. The molecule has 0 unspecified atom stereocenters. The minimum atomic E-state index is -4.96. The van der Waals surface area contributed by atoms with E-state index in [2.05, 4.69) is 10.2 Å². The molecule has 0 amide bonds. The Labute approximate surface area is 179 Å². The van der Waals surface area contributed by atoms with Gasteiger partial charge in [-0.3, -0.25) is 0 Å². The van der Waals surface area contributed by atoms with Gasteiger partial charge < -0.3 is 4.42 Å². The van der Waals surface area contributed by atoms with E-state index in [9.17, 15) is 30.4 Å². The summed E-state index contributed by atoms with van der Waals surface area (Å²) in [6.07, 6.45) is 0.314. The van der Waals surface area contributed by atoms with Gasteiger partial charge >= 0.3 is 0 Å². The van der Waals surface area contributed by atoms with Gasteiger partial charge in [-0.05, 0) is 31.9 Å². The van der Waals surface area contributed by atoms with E-state index in [0.29, 0.717) is 10.2 Å². The van der Waals surface area contributed by atoms with Crippen LogP contribution in [0.4, 0.5) is 22.0 Å². The van der Waals surface area contributed by atoms with Crippen molar-refractivity contribution in [2.24, 2.45) is 0 Å². The van der Waals surface area contributed by atoms with Crippen LogP contribution in [0.2, 0.25) is 0 Å². The smallest absolute Gasteiger partial charge is 0.249 e. The summed E-state index contributed by atoms with van der Waals surface area (Å²) in [6.45, 7) is 1.45. The molecule has 1 aromatic heterocycles. The number of piperidine rings is 1. The van der Waals surface area contributed by atoms with Crippen molar-refractivity contribution in [1.82, 2.24) is 14.5 Å². The lowest BCUT2D eigenvalue weighted by Crippen LogP contribution is -2.39. The van der Waals surface area contributed by atoms with Crippen molar-refractivity contribution < 1.29 is 34.8 Å². The van der Waals surface area contributed by atoms with Gasteiger partial charge in [-0.25, -0.2) is 30.4 Å². The Bertz CT molecular complexity index is 1260. The van der Waals surface area contributed by atoms with Gasteiger partial charge in [0, 0.05) is 24.6 Å². The van der Waals surface area contributed by atoms with Gasteiger partial charge in [0.1, 0.15) is 0 Å². The standard InChI is InChI=1S/C20H16F5N3O3S/c1-10-3-2-4-12(9-10)20-27-26-19(31-20)11-5-7-28(8-6-11)32(29,30)18-16(24)14(22)13(21)15(23)17(18)25/h2-4,9,11H,5-8H2,1H3. The van der Waals surface area contributed by atoms with Crippen LogP contribution in [0.25, 0.3) is 11.5 Å². The first-order valence-electron chi connectivity index (χ1n) is 9.53. The molecule has 0 N–H and O–H groups in total. The highest BCUT2D eigenvalue weighted by molar-refractivity contribution is 7.89. The minimum Gasteiger partial charge on any atom is -0.420 e. The van der Waals surface area contributed by atoms with Crippen LogP contribution in [-0.2, 0) is 10.0 Å². The number of hydrogen-bond donors (Lipinski definition) is 0. The molecule has 1 fully saturated rings. The third-order valence-corrected chi connectivity index (χ3v) is 7.20. The summed E-state index contributed by atoms with van der Waals surface area (Å²) in [5.41, 5.74) is 1.71. The van der Waals surface area contributed by atoms with Crippen molar-refractivity contribution in [2.45, 2.75) is 30.6 Å². The average Bonchev–Trinajstić information content (AvgIpc) is 3.27. The van der Waals surface area contributed by atoms with Gasteiger partial charge in [0.25, 0.3) is 0 Å². The van der Waals surface area contributed by atoms with Crippen molar-refractivity contribution in [1.29, 1.82) is 0 Å². The number of sulfonamides is 1. The molecular formula is C20H16F5N3O3S. The maximum Gasteiger partial charge on any atom is 0.249 e. The molecule has 2 heterocycles. The Morgan fingerprint density at radius 2 is 1.53 bits per heavy atom. The van der Waals surface area contributed by atoms with E-state index in [1.807, 2.05) is 25.1 Å². The second-order valence-corrected chi connectivity index (χ2v) is 9.27. The van der Waals surface area contributed by atoms with E-state index in [0.717, 1.165) is 11.1 Å². The van der Waals surface area contributed by atoms with Crippen molar-refractivity contribution in [2.75, 3.05) is 13.1 Å². The Morgan fingerprint density at radius 3 is 2.12 bits per heavy atom. The van der Waals surface area contributed by atoms with Crippen LogP contribution in [0.5, 0.6) is 0 Å². The molecule has 3 aromatic rings. The summed E-state index contributed by atoms with van der Waals surface area (Å²) in [7, 11) is -4.96. The molecule has 0 aliphatic carbocycles. The maximum atomic E-state index is 14.0. The molecule has 12 heteroatoms.